The number of esters is 1. The minimum absolute atomic E-state index is 0.00208. The fourth-order valence-corrected chi connectivity index (χ4v) is 7.44. The highest BCUT2D eigenvalue weighted by Gasteiger charge is 2.61. The van der Waals surface area contributed by atoms with E-state index >= 15 is 0 Å². The molecule has 264 valence electrons. The predicted octanol–water partition coefficient (Wildman–Crippen LogP) is 4.38. The average Bonchev–Trinajstić information content (AvgIpc) is 3.55. The molecule has 1 aromatic heterocycles. The molecular weight excluding hydrogens is 639 g/mol. The molecule has 3 atom stereocenters. The van der Waals surface area contributed by atoms with Crippen LogP contribution < -0.4 is 5.32 Å². The van der Waals surface area contributed by atoms with Gasteiger partial charge in [0.1, 0.15) is 5.60 Å². The van der Waals surface area contributed by atoms with Crippen molar-refractivity contribution in [3.05, 3.63) is 78.2 Å². The van der Waals surface area contributed by atoms with Gasteiger partial charge >= 0.3 is 12.1 Å². The lowest BCUT2D eigenvalue weighted by atomic mass is 9.76. The third-order valence-corrected chi connectivity index (χ3v) is 10.1. The van der Waals surface area contributed by atoms with Crippen molar-refractivity contribution in [2.24, 2.45) is 0 Å². The molecule has 3 fully saturated rings. The number of ether oxygens (including phenoxy) is 2. The highest BCUT2D eigenvalue weighted by Crippen LogP contribution is 2.48. The summed E-state index contributed by atoms with van der Waals surface area (Å²) in [6.45, 7) is 2.68. The molecule has 10 nitrogen and oxygen atoms in total. The molecule has 3 aliphatic rings. The first kappa shape index (κ1) is 35.1. The van der Waals surface area contributed by atoms with Crippen LogP contribution in [0.3, 0.4) is 0 Å². The number of likely N-dealkylation sites (tertiary alicyclic amines) is 1. The molecule has 2 saturated heterocycles. The summed E-state index contributed by atoms with van der Waals surface area (Å²) >= 11 is 0. The molecule has 1 amide bonds. The molecule has 2 N–H and O–H groups in total. The molecule has 2 aliphatic heterocycles. The zero-order valence-electron chi connectivity index (χ0n) is 27.7. The molecule has 3 aromatic rings. The SMILES string of the molecule is CN1CCC(OC[C@@]2(O)CCCC[C@]2(OC(=O)C(F)(F)F)n2cnc(C(=O)N3CCNC[C@H]3Cc3ccccc3)c2-c2ccccc2)CC1. The number of rotatable bonds is 9. The number of nitrogens with one attached hydrogen (secondary N) is 1. The number of hydrogen-bond acceptors (Lipinski definition) is 8. The molecule has 0 unspecified atom stereocenters. The highest BCUT2D eigenvalue weighted by molar-refractivity contribution is 5.98. The predicted molar refractivity (Wildman–Crippen MR) is 176 cm³/mol. The van der Waals surface area contributed by atoms with Gasteiger partial charge in [0.05, 0.1) is 24.7 Å². The largest absolute Gasteiger partial charge is 0.491 e. The van der Waals surface area contributed by atoms with Crippen LogP contribution in [-0.2, 0) is 26.4 Å². The minimum atomic E-state index is -5.34. The number of halogens is 3. The molecule has 0 bridgehead atoms. The second-order valence-electron chi connectivity index (χ2n) is 13.4. The lowest BCUT2D eigenvalue weighted by Crippen LogP contribution is -2.63. The number of nitrogens with zero attached hydrogens (tertiary/aromatic N) is 4. The van der Waals surface area contributed by atoms with Crippen LogP contribution in [0.15, 0.2) is 67.0 Å². The Morgan fingerprint density at radius 3 is 2.37 bits per heavy atom. The number of amides is 1. The monoisotopic (exact) mass is 683 g/mol. The highest BCUT2D eigenvalue weighted by atomic mass is 19.4. The summed E-state index contributed by atoms with van der Waals surface area (Å²) in [5.74, 6) is -2.84. The van der Waals surface area contributed by atoms with Crippen LogP contribution in [0.25, 0.3) is 11.3 Å². The van der Waals surface area contributed by atoms with E-state index < -0.39 is 29.4 Å². The van der Waals surface area contributed by atoms with Gasteiger partial charge in [-0.3, -0.25) is 9.36 Å². The van der Waals surface area contributed by atoms with Crippen LogP contribution in [0.4, 0.5) is 13.2 Å². The van der Waals surface area contributed by atoms with Gasteiger partial charge in [0.15, 0.2) is 5.69 Å². The van der Waals surface area contributed by atoms with Crippen molar-refractivity contribution in [3.63, 3.8) is 0 Å². The van der Waals surface area contributed by atoms with Crippen molar-refractivity contribution in [2.45, 2.75) is 74.6 Å². The summed E-state index contributed by atoms with van der Waals surface area (Å²) in [5, 5.41) is 15.8. The molecule has 1 aliphatic carbocycles. The fraction of sp³-hybridized carbons (Fsp3) is 0.528. The van der Waals surface area contributed by atoms with Crippen molar-refractivity contribution < 1.29 is 37.3 Å². The molecule has 2 aromatic carbocycles. The van der Waals surface area contributed by atoms with E-state index in [1.165, 1.54) is 10.9 Å². The van der Waals surface area contributed by atoms with Gasteiger partial charge in [-0.1, -0.05) is 67.1 Å². The van der Waals surface area contributed by atoms with Gasteiger partial charge in [-0.2, -0.15) is 13.2 Å². The first-order valence-corrected chi connectivity index (χ1v) is 17.0. The van der Waals surface area contributed by atoms with Gasteiger partial charge in [-0.25, -0.2) is 9.78 Å². The topological polar surface area (TPSA) is 109 Å². The van der Waals surface area contributed by atoms with E-state index in [9.17, 15) is 27.9 Å². The van der Waals surface area contributed by atoms with Crippen molar-refractivity contribution >= 4 is 11.9 Å². The van der Waals surface area contributed by atoms with Crippen LogP contribution in [0.5, 0.6) is 0 Å². The van der Waals surface area contributed by atoms with Crippen molar-refractivity contribution in [1.82, 2.24) is 24.7 Å². The molecule has 6 rings (SSSR count). The van der Waals surface area contributed by atoms with Crippen LogP contribution in [0.1, 0.15) is 54.6 Å². The quantitative estimate of drug-likeness (QED) is 0.320. The Bertz CT molecular complexity index is 1580. The normalized spacial score (nSPS) is 25.7. The number of piperazine rings is 1. The molecule has 3 heterocycles. The van der Waals surface area contributed by atoms with Crippen molar-refractivity contribution in [3.8, 4) is 11.3 Å². The third kappa shape index (κ3) is 7.40. The Hall–Kier alpha value is -3.78. The Morgan fingerprint density at radius 2 is 1.67 bits per heavy atom. The smallest absolute Gasteiger partial charge is 0.429 e. The number of aliphatic hydroxyl groups is 1. The number of benzene rings is 2. The number of imidazole rings is 1. The van der Waals surface area contributed by atoms with E-state index in [4.69, 9.17) is 9.47 Å². The van der Waals surface area contributed by atoms with E-state index in [1.54, 1.807) is 35.2 Å². The Kier molecular flexibility index (Phi) is 10.4. The van der Waals surface area contributed by atoms with Gasteiger partial charge in [0.25, 0.3) is 5.91 Å². The number of piperidine rings is 1. The zero-order valence-corrected chi connectivity index (χ0v) is 27.7. The maximum absolute atomic E-state index is 14.5. The van der Waals surface area contributed by atoms with Gasteiger partial charge < -0.3 is 29.7 Å². The average molecular weight is 684 g/mol. The minimum Gasteiger partial charge on any atom is -0.429 e. The van der Waals surface area contributed by atoms with Crippen LogP contribution in [0.2, 0.25) is 0 Å². The number of alkyl halides is 3. The van der Waals surface area contributed by atoms with Crippen LogP contribution >= 0.6 is 0 Å². The summed E-state index contributed by atoms with van der Waals surface area (Å²) in [6, 6.07) is 18.3. The Morgan fingerprint density at radius 1 is 1.00 bits per heavy atom. The van der Waals surface area contributed by atoms with E-state index in [1.807, 2.05) is 37.4 Å². The van der Waals surface area contributed by atoms with E-state index in [0.29, 0.717) is 57.3 Å². The Labute approximate surface area is 284 Å². The number of carbonyl (C=O) groups is 2. The summed E-state index contributed by atoms with van der Waals surface area (Å²) < 4.78 is 55.0. The fourth-order valence-electron chi connectivity index (χ4n) is 7.44. The third-order valence-electron chi connectivity index (χ3n) is 10.1. The maximum atomic E-state index is 14.5. The maximum Gasteiger partial charge on any atom is 0.491 e. The van der Waals surface area contributed by atoms with Gasteiger partial charge in [-0.15, -0.1) is 0 Å². The van der Waals surface area contributed by atoms with Gasteiger partial charge in [0, 0.05) is 50.7 Å². The summed E-state index contributed by atoms with van der Waals surface area (Å²) in [5.41, 5.74) is -2.64. The molecular formula is C36H44F3N5O5. The number of carbonyl (C=O) groups excluding carboxylic acids is 2. The van der Waals surface area contributed by atoms with Crippen molar-refractivity contribution in [1.29, 1.82) is 0 Å². The second kappa shape index (κ2) is 14.6. The number of aromatic nitrogens is 2. The number of hydrogen-bond donors (Lipinski definition) is 2. The van der Waals surface area contributed by atoms with E-state index in [2.05, 4.69) is 15.2 Å². The van der Waals surface area contributed by atoms with Gasteiger partial charge in [0.2, 0.25) is 5.72 Å². The first-order valence-electron chi connectivity index (χ1n) is 17.0. The molecule has 49 heavy (non-hydrogen) atoms. The van der Waals surface area contributed by atoms with Gasteiger partial charge in [-0.05, 0) is 44.7 Å². The van der Waals surface area contributed by atoms with Crippen LogP contribution in [0, 0.1) is 0 Å². The van der Waals surface area contributed by atoms with E-state index in [0.717, 1.165) is 18.7 Å². The molecule has 0 spiro atoms. The first-order chi connectivity index (χ1) is 23.5. The standard InChI is InChI=1S/C36H44F3N5O5/c1-42-19-14-29(15-20-42)48-24-34(47)16-8-9-17-35(34,49-33(46)36(37,38)39)44-25-41-30(31(44)27-12-6-3-7-13-27)32(45)43-21-18-40-23-28(43)22-26-10-4-2-5-11-26/h2-7,10-13,25,28-29,40,47H,8-9,14-24H2,1H3/t28-,34+,35-/m1/s1. The second-order valence-corrected chi connectivity index (χ2v) is 13.4. The summed E-state index contributed by atoms with van der Waals surface area (Å²) in [4.78, 5) is 35.8. The lowest BCUT2D eigenvalue weighted by molar-refractivity contribution is -0.282. The van der Waals surface area contributed by atoms with Crippen molar-refractivity contribution in [2.75, 3.05) is 46.4 Å². The molecule has 0 radical (unpaired) electrons. The molecule has 1 saturated carbocycles. The molecule has 13 heteroatoms. The Balaban J connectivity index is 1.44. The lowest BCUT2D eigenvalue weighted by Gasteiger charge is -2.50. The van der Waals surface area contributed by atoms with Crippen LogP contribution in [-0.4, -0.2) is 107 Å². The van der Waals surface area contributed by atoms with E-state index in [-0.39, 0.29) is 43.0 Å². The zero-order chi connectivity index (χ0) is 34.6. The summed E-state index contributed by atoms with van der Waals surface area (Å²) in [6.07, 6.45) is -1.66. The summed E-state index contributed by atoms with van der Waals surface area (Å²) in [7, 11) is 2.00.